The number of hydrogen-bond acceptors (Lipinski definition) is 6. The van der Waals surface area contributed by atoms with Crippen LogP contribution in [-0.2, 0) is 16.1 Å². The van der Waals surface area contributed by atoms with E-state index in [9.17, 15) is 9.59 Å². The van der Waals surface area contributed by atoms with Crippen molar-refractivity contribution >= 4 is 23.7 Å². The maximum atomic E-state index is 12.2. The van der Waals surface area contributed by atoms with Gasteiger partial charge in [0, 0.05) is 43.4 Å². The number of anilines is 1. The fourth-order valence-corrected chi connectivity index (χ4v) is 3.14. The van der Waals surface area contributed by atoms with Crippen molar-refractivity contribution in [1.82, 2.24) is 10.3 Å². The predicted molar refractivity (Wildman–Crippen MR) is 115 cm³/mol. The third kappa shape index (κ3) is 6.13. The minimum atomic E-state index is -0.331. The summed E-state index contributed by atoms with van der Waals surface area (Å²) >= 11 is 0. The van der Waals surface area contributed by atoms with Crippen LogP contribution >= 0.6 is 0 Å². The third-order valence-corrected chi connectivity index (χ3v) is 4.65. The van der Waals surface area contributed by atoms with E-state index in [1.807, 2.05) is 18.2 Å². The van der Waals surface area contributed by atoms with Crippen molar-refractivity contribution in [2.24, 2.45) is 5.10 Å². The van der Waals surface area contributed by atoms with Crippen LogP contribution in [0, 0.1) is 0 Å². The summed E-state index contributed by atoms with van der Waals surface area (Å²) in [5, 5.41) is 6.72. The zero-order valence-electron chi connectivity index (χ0n) is 17.2. The Morgan fingerprint density at radius 2 is 1.90 bits per heavy atom. The standard InChI is InChI=1S/C22H26N4O4/c1-16(27)24-20-6-4-18(5-7-20)22(28)25-23-14-17-3-8-21(29-2)19(13-17)15-26-9-11-30-12-10-26/h3-8,13-14H,9-12,15H2,1-2H3,(H,24,27)(H,25,28)/b23-14+. The molecule has 3 rings (SSSR count). The van der Waals surface area contributed by atoms with E-state index in [0.717, 1.165) is 49.7 Å². The van der Waals surface area contributed by atoms with Crippen molar-refractivity contribution in [3.8, 4) is 5.75 Å². The highest BCUT2D eigenvalue weighted by molar-refractivity contribution is 5.96. The second-order valence-electron chi connectivity index (χ2n) is 6.92. The molecule has 0 radical (unpaired) electrons. The molecule has 0 spiro atoms. The number of nitrogens with zero attached hydrogens (tertiary/aromatic N) is 2. The summed E-state index contributed by atoms with van der Waals surface area (Å²) in [6.45, 7) is 5.45. The summed E-state index contributed by atoms with van der Waals surface area (Å²) < 4.78 is 10.9. The van der Waals surface area contributed by atoms with Gasteiger partial charge in [0.1, 0.15) is 5.75 Å². The molecule has 8 heteroatoms. The van der Waals surface area contributed by atoms with Crippen molar-refractivity contribution in [3.05, 3.63) is 59.2 Å². The van der Waals surface area contributed by atoms with Crippen LogP contribution in [0.1, 0.15) is 28.4 Å². The molecule has 0 bridgehead atoms. The van der Waals surface area contributed by atoms with Crippen LogP contribution in [0.3, 0.4) is 0 Å². The van der Waals surface area contributed by atoms with Gasteiger partial charge in [0.15, 0.2) is 0 Å². The van der Waals surface area contributed by atoms with Gasteiger partial charge in [0.05, 0.1) is 26.5 Å². The number of carbonyl (C=O) groups excluding carboxylic acids is 2. The lowest BCUT2D eigenvalue weighted by Crippen LogP contribution is -2.35. The molecule has 158 valence electrons. The summed E-state index contributed by atoms with van der Waals surface area (Å²) in [5.74, 6) is 0.328. The van der Waals surface area contributed by atoms with Gasteiger partial charge < -0.3 is 14.8 Å². The van der Waals surface area contributed by atoms with Gasteiger partial charge in [0.25, 0.3) is 5.91 Å². The molecule has 30 heavy (non-hydrogen) atoms. The Balaban J connectivity index is 1.61. The average molecular weight is 410 g/mol. The number of carbonyl (C=O) groups is 2. The fraction of sp³-hybridized carbons (Fsp3) is 0.318. The molecule has 0 aliphatic carbocycles. The van der Waals surface area contributed by atoms with Crippen molar-refractivity contribution in [3.63, 3.8) is 0 Å². The summed E-state index contributed by atoms with van der Waals surface area (Å²) in [6.07, 6.45) is 1.60. The number of amides is 2. The lowest BCUT2D eigenvalue weighted by Gasteiger charge is -2.27. The molecule has 1 aliphatic heterocycles. The lowest BCUT2D eigenvalue weighted by molar-refractivity contribution is -0.114. The molecule has 1 fully saturated rings. The third-order valence-electron chi connectivity index (χ3n) is 4.65. The van der Waals surface area contributed by atoms with E-state index in [2.05, 4.69) is 20.7 Å². The Hall–Kier alpha value is -3.23. The SMILES string of the molecule is COc1ccc(/C=N/NC(=O)c2ccc(NC(C)=O)cc2)cc1CN1CCOCC1. The quantitative estimate of drug-likeness (QED) is 0.540. The molecule has 0 unspecified atom stereocenters. The number of hydrogen-bond donors (Lipinski definition) is 2. The molecule has 2 N–H and O–H groups in total. The van der Waals surface area contributed by atoms with E-state index >= 15 is 0 Å². The van der Waals surface area contributed by atoms with Crippen LogP contribution in [0.5, 0.6) is 5.75 Å². The highest BCUT2D eigenvalue weighted by atomic mass is 16.5. The van der Waals surface area contributed by atoms with E-state index in [0.29, 0.717) is 11.3 Å². The smallest absolute Gasteiger partial charge is 0.271 e. The van der Waals surface area contributed by atoms with Gasteiger partial charge in [-0.3, -0.25) is 14.5 Å². The van der Waals surface area contributed by atoms with Crippen molar-refractivity contribution in [2.75, 3.05) is 38.7 Å². The van der Waals surface area contributed by atoms with Crippen molar-refractivity contribution in [2.45, 2.75) is 13.5 Å². The van der Waals surface area contributed by atoms with E-state index < -0.39 is 0 Å². The van der Waals surface area contributed by atoms with E-state index in [-0.39, 0.29) is 11.8 Å². The van der Waals surface area contributed by atoms with Gasteiger partial charge in [-0.1, -0.05) is 0 Å². The summed E-state index contributed by atoms with van der Waals surface area (Å²) in [6, 6.07) is 12.4. The van der Waals surface area contributed by atoms with Crippen LogP contribution in [-0.4, -0.2) is 56.3 Å². The Kier molecular flexibility index (Phi) is 7.53. The number of methoxy groups -OCH3 is 1. The van der Waals surface area contributed by atoms with Gasteiger partial charge in [-0.15, -0.1) is 0 Å². The van der Waals surface area contributed by atoms with Crippen molar-refractivity contribution < 1.29 is 19.1 Å². The Labute approximate surface area is 175 Å². The molecule has 0 saturated carbocycles. The number of nitrogens with one attached hydrogen (secondary N) is 2. The molecule has 8 nitrogen and oxygen atoms in total. The molecular formula is C22H26N4O4. The Morgan fingerprint density at radius 3 is 2.57 bits per heavy atom. The van der Waals surface area contributed by atoms with Crippen LogP contribution in [0.2, 0.25) is 0 Å². The van der Waals surface area contributed by atoms with Gasteiger partial charge >= 0.3 is 0 Å². The molecule has 1 saturated heterocycles. The highest BCUT2D eigenvalue weighted by Crippen LogP contribution is 2.21. The van der Waals surface area contributed by atoms with Crippen LogP contribution < -0.4 is 15.5 Å². The minimum Gasteiger partial charge on any atom is -0.496 e. The number of ether oxygens (including phenoxy) is 2. The first-order valence-corrected chi connectivity index (χ1v) is 9.73. The second kappa shape index (κ2) is 10.5. The number of hydrazone groups is 1. The van der Waals surface area contributed by atoms with E-state index in [1.54, 1.807) is 37.6 Å². The van der Waals surface area contributed by atoms with E-state index in [4.69, 9.17) is 9.47 Å². The molecule has 0 atom stereocenters. The lowest BCUT2D eigenvalue weighted by atomic mass is 10.1. The first-order chi connectivity index (χ1) is 14.5. The average Bonchev–Trinajstić information content (AvgIpc) is 2.75. The van der Waals surface area contributed by atoms with Gasteiger partial charge in [-0.25, -0.2) is 5.43 Å². The Bertz CT molecular complexity index is 906. The fourth-order valence-electron chi connectivity index (χ4n) is 3.14. The normalized spacial score (nSPS) is 14.5. The first kappa shape index (κ1) is 21.5. The van der Waals surface area contributed by atoms with Gasteiger partial charge in [-0.05, 0) is 48.0 Å². The Morgan fingerprint density at radius 1 is 1.17 bits per heavy atom. The predicted octanol–water partition coefficient (Wildman–Crippen LogP) is 2.25. The molecule has 1 heterocycles. The molecule has 2 amide bonds. The molecule has 2 aromatic rings. The highest BCUT2D eigenvalue weighted by Gasteiger charge is 2.13. The number of benzene rings is 2. The largest absolute Gasteiger partial charge is 0.496 e. The van der Waals surface area contributed by atoms with Crippen molar-refractivity contribution in [1.29, 1.82) is 0 Å². The molecule has 0 aromatic heterocycles. The van der Waals surface area contributed by atoms with Gasteiger partial charge in [-0.2, -0.15) is 5.10 Å². The number of morpholine rings is 1. The van der Waals surface area contributed by atoms with E-state index in [1.165, 1.54) is 6.92 Å². The summed E-state index contributed by atoms with van der Waals surface area (Å²) in [7, 11) is 1.66. The maximum Gasteiger partial charge on any atom is 0.271 e. The second-order valence-corrected chi connectivity index (χ2v) is 6.92. The summed E-state index contributed by atoms with van der Waals surface area (Å²) in [5.41, 5.74) is 5.52. The minimum absolute atomic E-state index is 0.163. The monoisotopic (exact) mass is 410 g/mol. The molecule has 1 aliphatic rings. The topological polar surface area (TPSA) is 92.3 Å². The maximum absolute atomic E-state index is 12.2. The number of rotatable bonds is 7. The summed E-state index contributed by atoms with van der Waals surface area (Å²) in [4.78, 5) is 25.6. The van der Waals surface area contributed by atoms with Gasteiger partial charge in [0.2, 0.25) is 5.91 Å². The first-order valence-electron chi connectivity index (χ1n) is 9.73. The molecular weight excluding hydrogens is 384 g/mol. The van der Waals surface area contributed by atoms with Crippen LogP contribution in [0.4, 0.5) is 5.69 Å². The van der Waals surface area contributed by atoms with Crippen LogP contribution in [0.25, 0.3) is 0 Å². The molecule has 2 aromatic carbocycles. The zero-order chi connectivity index (χ0) is 21.3. The van der Waals surface area contributed by atoms with Crippen LogP contribution in [0.15, 0.2) is 47.6 Å². The zero-order valence-corrected chi connectivity index (χ0v) is 17.2.